The fourth-order valence-electron chi connectivity index (χ4n) is 2.70. The largest absolute Gasteiger partial charge is 0.497 e. The fourth-order valence-corrected chi connectivity index (χ4v) is 2.70. The molecule has 2 aromatic carbocycles. The average molecular weight is 357 g/mol. The van der Waals surface area contributed by atoms with Gasteiger partial charge in [0, 0.05) is 6.42 Å². The zero-order chi connectivity index (χ0) is 18.5. The first kappa shape index (κ1) is 17.6. The number of nitrogens with one attached hydrogen (secondary N) is 1. The number of methoxy groups -OCH3 is 1. The second-order valence-corrected chi connectivity index (χ2v) is 5.77. The maximum Gasteiger partial charge on any atom is 0.330 e. The van der Waals surface area contributed by atoms with Crippen molar-refractivity contribution in [1.29, 1.82) is 0 Å². The molecule has 1 aliphatic heterocycles. The molecule has 2 N–H and O–H groups in total. The van der Waals surface area contributed by atoms with Crippen molar-refractivity contribution in [2.45, 2.75) is 12.5 Å². The SMILES string of the molecule is COc1ccc(OCC(=O)NC(C(=O)O)c2ccc3c(c2)CCO3)cc1. The van der Waals surface area contributed by atoms with E-state index >= 15 is 0 Å². The Morgan fingerprint density at radius 2 is 1.92 bits per heavy atom. The fraction of sp³-hybridized carbons (Fsp3) is 0.263. The number of hydrogen-bond acceptors (Lipinski definition) is 5. The molecular formula is C19H19NO6. The van der Waals surface area contributed by atoms with Gasteiger partial charge in [0.2, 0.25) is 0 Å². The van der Waals surface area contributed by atoms with Crippen LogP contribution in [0, 0.1) is 0 Å². The molecule has 1 amide bonds. The third-order valence-corrected chi connectivity index (χ3v) is 4.03. The highest BCUT2D eigenvalue weighted by atomic mass is 16.5. The lowest BCUT2D eigenvalue weighted by Crippen LogP contribution is -2.36. The van der Waals surface area contributed by atoms with Crippen LogP contribution in [-0.4, -0.2) is 37.3 Å². The Morgan fingerprint density at radius 1 is 1.19 bits per heavy atom. The van der Waals surface area contributed by atoms with E-state index < -0.39 is 17.9 Å². The summed E-state index contributed by atoms with van der Waals surface area (Å²) in [5, 5.41) is 12.0. The highest BCUT2D eigenvalue weighted by molar-refractivity contribution is 5.85. The van der Waals surface area contributed by atoms with E-state index in [1.54, 1.807) is 49.6 Å². The van der Waals surface area contributed by atoms with E-state index in [0.717, 1.165) is 17.7 Å². The molecule has 0 radical (unpaired) electrons. The molecule has 7 heteroatoms. The summed E-state index contributed by atoms with van der Waals surface area (Å²) in [6.07, 6.45) is 0.726. The Hall–Kier alpha value is -3.22. The van der Waals surface area contributed by atoms with Crippen molar-refractivity contribution in [3.05, 3.63) is 53.6 Å². The first-order valence-corrected chi connectivity index (χ1v) is 8.11. The lowest BCUT2D eigenvalue weighted by Gasteiger charge is -2.16. The van der Waals surface area contributed by atoms with Crippen LogP contribution >= 0.6 is 0 Å². The van der Waals surface area contributed by atoms with Crippen molar-refractivity contribution in [2.24, 2.45) is 0 Å². The molecule has 1 atom stereocenters. The second-order valence-electron chi connectivity index (χ2n) is 5.77. The Bertz CT molecular complexity index is 802. The van der Waals surface area contributed by atoms with Gasteiger partial charge in [-0.1, -0.05) is 6.07 Å². The minimum absolute atomic E-state index is 0.288. The minimum atomic E-state index is -1.15. The Labute approximate surface area is 150 Å². The molecule has 0 spiro atoms. The number of rotatable bonds is 7. The van der Waals surface area contributed by atoms with Crippen LogP contribution in [0.4, 0.5) is 0 Å². The molecule has 26 heavy (non-hydrogen) atoms. The normalized spacial score (nSPS) is 13.3. The summed E-state index contributed by atoms with van der Waals surface area (Å²) in [7, 11) is 1.56. The van der Waals surface area contributed by atoms with Crippen LogP contribution in [0.25, 0.3) is 0 Å². The number of fused-ring (bicyclic) bond motifs is 1. The zero-order valence-electron chi connectivity index (χ0n) is 14.2. The molecule has 2 aromatic rings. The number of aliphatic carboxylic acids is 1. The highest BCUT2D eigenvalue weighted by Crippen LogP contribution is 2.28. The molecule has 136 valence electrons. The van der Waals surface area contributed by atoms with Gasteiger partial charge in [-0.3, -0.25) is 4.79 Å². The molecule has 0 aliphatic carbocycles. The van der Waals surface area contributed by atoms with Gasteiger partial charge in [-0.2, -0.15) is 0 Å². The van der Waals surface area contributed by atoms with Crippen LogP contribution in [0.1, 0.15) is 17.2 Å². The number of ether oxygens (including phenoxy) is 3. The summed E-state index contributed by atoms with van der Waals surface area (Å²) < 4.78 is 15.8. The van der Waals surface area contributed by atoms with Crippen molar-refractivity contribution < 1.29 is 28.9 Å². The van der Waals surface area contributed by atoms with Gasteiger partial charge in [-0.05, 0) is 47.5 Å². The predicted molar refractivity (Wildman–Crippen MR) is 92.6 cm³/mol. The molecule has 1 aliphatic rings. The summed E-state index contributed by atoms with van der Waals surface area (Å²) in [5.41, 5.74) is 1.44. The smallest absolute Gasteiger partial charge is 0.330 e. The van der Waals surface area contributed by atoms with Crippen molar-refractivity contribution in [1.82, 2.24) is 5.32 Å². The van der Waals surface area contributed by atoms with Crippen LogP contribution in [0.2, 0.25) is 0 Å². The van der Waals surface area contributed by atoms with E-state index in [0.29, 0.717) is 23.7 Å². The standard InChI is InChI=1S/C19H19NO6/c1-24-14-3-5-15(6-4-14)26-11-17(21)20-18(19(22)23)13-2-7-16-12(10-13)8-9-25-16/h2-7,10,18H,8-9,11H2,1H3,(H,20,21)(H,22,23). The molecule has 1 heterocycles. The predicted octanol–water partition coefficient (Wildman–Crippen LogP) is 1.95. The molecule has 0 saturated carbocycles. The monoisotopic (exact) mass is 357 g/mol. The van der Waals surface area contributed by atoms with Gasteiger partial charge in [-0.15, -0.1) is 0 Å². The number of amides is 1. The average Bonchev–Trinajstić information content (AvgIpc) is 3.12. The summed E-state index contributed by atoms with van der Waals surface area (Å²) in [5.74, 6) is 0.259. The minimum Gasteiger partial charge on any atom is -0.497 e. The molecule has 0 bridgehead atoms. The number of carboxylic acids is 1. The van der Waals surface area contributed by atoms with Crippen LogP contribution < -0.4 is 19.5 Å². The van der Waals surface area contributed by atoms with Gasteiger partial charge in [0.05, 0.1) is 13.7 Å². The quantitative estimate of drug-likeness (QED) is 0.787. The van der Waals surface area contributed by atoms with E-state index in [2.05, 4.69) is 5.32 Å². The topological polar surface area (TPSA) is 94.1 Å². The summed E-state index contributed by atoms with van der Waals surface area (Å²) >= 11 is 0. The van der Waals surface area contributed by atoms with Gasteiger partial charge >= 0.3 is 5.97 Å². The van der Waals surface area contributed by atoms with Crippen molar-refractivity contribution in [2.75, 3.05) is 20.3 Å². The maximum atomic E-state index is 12.1. The van der Waals surface area contributed by atoms with E-state index in [1.807, 2.05) is 0 Å². The van der Waals surface area contributed by atoms with E-state index in [-0.39, 0.29) is 6.61 Å². The van der Waals surface area contributed by atoms with Crippen molar-refractivity contribution in [3.63, 3.8) is 0 Å². The molecule has 7 nitrogen and oxygen atoms in total. The molecule has 0 fully saturated rings. The first-order chi connectivity index (χ1) is 12.6. The lowest BCUT2D eigenvalue weighted by molar-refractivity contribution is -0.142. The summed E-state index contributed by atoms with van der Waals surface area (Å²) in [4.78, 5) is 23.7. The van der Waals surface area contributed by atoms with Gasteiger partial charge in [-0.25, -0.2) is 4.79 Å². The number of carbonyl (C=O) groups is 2. The summed E-state index contributed by atoms with van der Waals surface area (Å²) in [6, 6.07) is 10.7. The molecular weight excluding hydrogens is 338 g/mol. The number of carbonyl (C=O) groups excluding carboxylic acids is 1. The zero-order valence-corrected chi connectivity index (χ0v) is 14.2. The van der Waals surface area contributed by atoms with Gasteiger partial charge in [0.25, 0.3) is 5.91 Å². The number of benzene rings is 2. The Kier molecular flexibility index (Phi) is 5.26. The third kappa shape index (κ3) is 4.05. The summed E-state index contributed by atoms with van der Waals surface area (Å²) in [6.45, 7) is 0.294. The number of carboxylic acid groups (broad SMARTS) is 1. The van der Waals surface area contributed by atoms with Crippen LogP contribution in [0.5, 0.6) is 17.2 Å². The maximum absolute atomic E-state index is 12.1. The van der Waals surface area contributed by atoms with Crippen LogP contribution in [0.3, 0.4) is 0 Å². The van der Waals surface area contributed by atoms with Crippen LogP contribution in [0.15, 0.2) is 42.5 Å². The molecule has 0 saturated heterocycles. The molecule has 1 unspecified atom stereocenters. The van der Waals surface area contributed by atoms with Crippen LogP contribution in [-0.2, 0) is 16.0 Å². The Balaban J connectivity index is 1.62. The van der Waals surface area contributed by atoms with Gasteiger partial charge < -0.3 is 24.6 Å². The van der Waals surface area contributed by atoms with E-state index in [1.165, 1.54) is 0 Å². The van der Waals surface area contributed by atoms with Gasteiger partial charge in [0.1, 0.15) is 17.2 Å². The van der Waals surface area contributed by atoms with Crippen molar-refractivity contribution in [3.8, 4) is 17.2 Å². The van der Waals surface area contributed by atoms with E-state index in [9.17, 15) is 14.7 Å². The third-order valence-electron chi connectivity index (χ3n) is 4.03. The van der Waals surface area contributed by atoms with Gasteiger partial charge in [0.15, 0.2) is 12.6 Å². The molecule has 3 rings (SSSR count). The molecule has 0 aromatic heterocycles. The highest BCUT2D eigenvalue weighted by Gasteiger charge is 2.24. The number of hydrogen-bond donors (Lipinski definition) is 2. The van der Waals surface area contributed by atoms with E-state index in [4.69, 9.17) is 14.2 Å². The van der Waals surface area contributed by atoms with Crippen molar-refractivity contribution >= 4 is 11.9 Å². The first-order valence-electron chi connectivity index (χ1n) is 8.11. The Morgan fingerprint density at radius 3 is 2.62 bits per heavy atom. The second kappa shape index (κ2) is 7.77. The lowest BCUT2D eigenvalue weighted by atomic mass is 10.0.